The number of rotatable bonds is 7. The van der Waals surface area contributed by atoms with Gasteiger partial charge < -0.3 is 15.0 Å². The second-order valence-corrected chi connectivity index (χ2v) is 9.38. The second kappa shape index (κ2) is 8.55. The van der Waals surface area contributed by atoms with Crippen LogP contribution in [-0.2, 0) is 0 Å². The molecule has 31 heavy (non-hydrogen) atoms. The van der Waals surface area contributed by atoms with E-state index in [1.165, 1.54) is 35.1 Å². The van der Waals surface area contributed by atoms with Crippen LogP contribution in [0.5, 0.6) is 5.75 Å². The lowest BCUT2D eigenvalue weighted by molar-refractivity contribution is 0.0817. The Kier molecular flexibility index (Phi) is 5.62. The third-order valence-corrected chi connectivity index (χ3v) is 6.93. The molecule has 0 bridgehead atoms. The van der Waals surface area contributed by atoms with Crippen LogP contribution < -0.4 is 10.1 Å². The van der Waals surface area contributed by atoms with E-state index in [0.717, 1.165) is 62.8 Å². The molecule has 1 spiro atoms. The summed E-state index contributed by atoms with van der Waals surface area (Å²) in [5.41, 5.74) is 5.95. The Morgan fingerprint density at radius 2 is 1.84 bits per heavy atom. The van der Waals surface area contributed by atoms with Crippen LogP contribution in [0.3, 0.4) is 0 Å². The van der Waals surface area contributed by atoms with Crippen LogP contribution in [0.4, 0.5) is 0 Å². The molecule has 0 aromatic heterocycles. The molecule has 5 rings (SSSR count). The third kappa shape index (κ3) is 4.29. The van der Waals surface area contributed by atoms with Gasteiger partial charge in [0, 0.05) is 37.2 Å². The van der Waals surface area contributed by atoms with Gasteiger partial charge in [-0.1, -0.05) is 56.0 Å². The van der Waals surface area contributed by atoms with Gasteiger partial charge in [0.25, 0.3) is 0 Å². The predicted molar refractivity (Wildman–Crippen MR) is 129 cm³/mol. The highest BCUT2D eigenvalue weighted by Gasteiger charge is 2.37. The normalized spacial score (nSPS) is 19.3. The zero-order chi connectivity index (χ0) is 21.3. The fourth-order valence-corrected chi connectivity index (χ4v) is 4.95. The highest BCUT2D eigenvalue weighted by Crippen LogP contribution is 2.42. The van der Waals surface area contributed by atoms with E-state index in [-0.39, 0.29) is 5.60 Å². The van der Waals surface area contributed by atoms with Crippen molar-refractivity contribution in [3.63, 3.8) is 0 Å². The zero-order valence-corrected chi connectivity index (χ0v) is 18.7. The molecule has 0 unspecified atom stereocenters. The monoisotopic (exact) mass is 414 g/mol. The Hall–Kier alpha value is -2.52. The van der Waals surface area contributed by atoms with E-state index in [9.17, 15) is 0 Å². The Labute approximate surface area is 186 Å². The van der Waals surface area contributed by atoms with Crippen molar-refractivity contribution in [1.82, 2.24) is 10.2 Å². The van der Waals surface area contributed by atoms with E-state index in [1.54, 1.807) is 0 Å². The zero-order valence-electron chi connectivity index (χ0n) is 18.7. The van der Waals surface area contributed by atoms with Gasteiger partial charge in [0.15, 0.2) is 0 Å². The van der Waals surface area contributed by atoms with E-state index in [4.69, 9.17) is 4.74 Å². The lowest BCUT2D eigenvalue weighted by Crippen LogP contribution is -2.46. The highest BCUT2D eigenvalue weighted by molar-refractivity contribution is 5.85. The lowest BCUT2D eigenvalue weighted by Gasteiger charge is -2.40. The first-order valence-corrected chi connectivity index (χ1v) is 11.9. The first kappa shape index (κ1) is 20.4. The third-order valence-electron chi connectivity index (χ3n) is 6.93. The summed E-state index contributed by atoms with van der Waals surface area (Å²) in [5.74, 6) is 1.88. The van der Waals surface area contributed by atoms with Crippen molar-refractivity contribution in [2.45, 2.75) is 44.6 Å². The van der Waals surface area contributed by atoms with Crippen LogP contribution in [0.25, 0.3) is 11.3 Å². The van der Waals surface area contributed by atoms with Crippen molar-refractivity contribution in [3.8, 4) is 5.75 Å². The Morgan fingerprint density at radius 1 is 1.10 bits per heavy atom. The largest absolute Gasteiger partial charge is 0.482 e. The Bertz CT molecular complexity index is 965. The van der Waals surface area contributed by atoms with Crippen LogP contribution in [0, 0.1) is 5.92 Å². The van der Waals surface area contributed by atoms with E-state index in [2.05, 4.69) is 78.3 Å². The molecular formula is C28H34N2O. The molecule has 1 saturated carbocycles. The smallest absolute Gasteiger partial charge is 0.130 e. The number of para-hydroxylation sites is 1. The molecule has 2 aliphatic heterocycles. The summed E-state index contributed by atoms with van der Waals surface area (Å²) in [6.07, 6.45) is 8.30. The molecule has 1 aliphatic carbocycles. The van der Waals surface area contributed by atoms with Gasteiger partial charge in [0.05, 0.1) is 0 Å². The molecule has 2 aromatic rings. The predicted octanol–water partition coefficient (Wildman–Crippen LogP) is 5.73. The SMILES string of the molecule is C=C(c1ccc(C2=CC3(CCNCC3)Oc3ccccc32)cc1)N(CCC)CC1CC1. The molecular weight excluding hydrogens is 380 g/mol. The van der Waals surface area contributed by atoms with E-state index in [1.807, 2.05) is 0 Å². The van der Waals surface area contributed by atoms with Gasteiger partial charge in [-0.2, -0.15) is 0 Å². The Morgan fingerprint density at radius 3 is 2.55 bits per heavy atom. The maximum Gasteiger partial charge on any atom is 0.130 e. The minimum Gasteiger partial charge on any atom is -0.482 e. The Balaban J connectivity index is 1.44. The van der Waals surface area contributed by atoms with Crippen molar-refractivity contribution in [2.75, 3.05) is 26.2 Å². The number of ether oxygens (including phenoxy) is 1. The highest BCUT2D eigenvalue weighted by atomic mass is 16.5. The number of piperidine rings is 1. The van der Waals surface area contributed by atoms with Gasteiger partial charge in [-0.25, -0.2) is 0 Å². The summed E-state index contributed by atoms with van der Waals surface area (Å²) in [4.78, 5) is 2.49. The molecule has 0 atom stereocenters. The van der Waals surface area contributed by atoms with Gasteiger partial charge >= 0.3 is 0 Å². The molecule has 2 fully saturated rings. The maximum absolute atomic E-state index is 6.54. The summed E-state index contributed by atoms with van der Waals surface area (Å²) in [7, 11) is 0. The van der Waals surface area contributed by atoms with Gasteiger partial charge in [-0.15, -0.1) is 0 Å². The topological polar surface area (TPSA) is 24.5 Å². The number of benzene rings is 2. The summed E-state index contributed by atoms with van der Waals surface area (Å²) in [6, 6.07) is 17.5. The molecule has 1 N–H and O–H groups in total. The molecule has 162 valence electrons. The minimum absolute atomic E-state index is 0.195. The number of fused-ring (bicyclic) bond motifs is 1. The molecule has 3 nitrogen and oxygen atoms in total. The summed E-state index contributed by atoms with van der Waals surface area (Å²) >= 11 is 0. The fourth-order valence-electron chi connectivity index (χ4n) is 4.95. The molecule has 3 aliphatic rings. The summed E-state index contributed by atoms with van der Waals surface area (Å²) in [6.45, 7) is 10.9. The van der Waals surface area contributed by atoms with Gasteiger partial charge in [-0.3, -0.25) is 0 Å². The van der Waals surface area contributed by atoms with Crippen LogP contribution in [0.2, 0.25) is 0 Å². The van der Waals surface area contributed by atoms with Crippen molar-refractivity contribution < 1.29 is 4.74 Å². The van der Waals surface area contributed by atoms with Crippen LogP contribution in [0.15, 0.2) is 61.2 Å². The standard InChI is InChI=1S/C28H34N2O/c1-3-18-30(20-22-8-9-22)21(2)23-10-12-24(13-11-23)26-19-28(14-16-29-17-15-28)31-27-7-5-4-6-25(26)27/h4-7,10-13,19,22,29H,2-3,8-9,14-18,20H2,1H3. The van der Waals surface area contributed by atoms with Gasteiger partial charge in [-0.05, 0) is 67.1 Å². The van der Waals surface area contributed by atoms with Gasteiger partial charge in [0.1, 0.15) is 11.4 Å². The van der Waals surface area contributed by atoms with Gasteiger partial charge in [0.2, 0.25) is 0 Å². The molecule has 2 aromatic carbocycles. The van der Waals surface area contributed by atoms with Crippen LogP contribution in [0.1, 0.15) is 55.7 Å². The van der Waals surface area contributed by atoms with Crippen molar-refractivity contribution in [2.24, 2.45) is 5.92 Å². The summed E-state index contributed by atoms with van der Waals surface area (Å²) in [5, 5.41) is 3.47. The van der Waals surface area contributed by atoms with E-state index >= 15 is 0 Å². The van der Waals surface area contributed by atoms with Crippen molar-refractivity contribution in [3.05, 3.63) is 77.9 Å². The fraction of sp³-hybridized carbons (Fsp3) is 0.429. The van der Waals surface area contributed by atoms with Crippen molar-refractivity contribution in [1.29, 1.82) is 0 Å². The molecule has 0 amide bonds. The summed E-state index contributed by atoms with van der Waals surface area (Å²) < 4.78 is 6.54. The molecule has 0 radical (unpaired) electrons. The number of hydrogen-bond donors (Lipinski definition) is 1. The second-order valence-electron chi connectivity index (χ2n) is 9.38. The first-order chi connectivity index (χ1) is 15.2. The van der Waals surface area contributed by atoms with E-state index in [0.29, 0.717) is 0 Å². The average Bonchev–Trinajstić information content (AvgIpc) is 3.63. The maximum atomic E-state index is 6.54. The van der Waals surface area contributed by atoms with E-state index < -0.39 is 0 Å². The molecule has 1 saturated heterocycles. The molecule has 3 heteroatoms. The van der Waals surface area contributed by atoms with Crippen LogP contribution in [-0.4, -0.2) is 36.7 Å². The lowest BCUT2D eigenvalue weighted by atomic mass is 9.83. The van der Waals surface area contributed by atoms with Crippen molar-refractivity contribution >= 4 is 11.3 Å². The average molecular weight is 415 g/mol. The first-order valence-electron chi connectivity index (χ1n) is 11.9. The number of nitrogens with zero attached hydrogens (tertiary/aromatic N) is 1. The minimum atomic E-state index is -0.195. The number of hydrogen-bond acceptors (Lipinski definition) is 3. The molecule has 2 heterocycles. The number of nitrogens with one attached hydrogen (secondary N) is 1. The quantitative estimate of drug-likeness (QED) is 0.627. The van der Waals surface area contributed by atoms with Crippen LogP contribution >= 0.6 is 0 Å².